The predicted molar refractivity (Wildman–Crippen MR) is 157 cm³/mol. The lowest BCUT2D eigenvalue weighted by atomic mass is 9.64. The molecular formula is C34H24BrNO4. The second-order valence-corrected chi connectivity index (χ2v) is 11.3. The minimum Gasteiger partial charge on any atom is -0.497 e. The van der Waals surface area contributed by atoms with Crippen LogP contribution in [0.1, 0.15) is 48.1 Å². The largest absolute Gasteiger partial charge is 0.497 e. The molecule has 1 fully saturated rings. The van der Waals surface area contributed by atoms with E-state index >= 15 is 0 Å². The van der Waals surface area contributed by atoms with Crippen LogP contribution >= 0.6 is 15.9 Å². The summed E-state index contributed by atoms with van der Waals surface area (Å²) in [6.45, 7) is 0. The van der Waals surface area contributed by atoms with Crippen molar-refractivity contribution < 1.29 is 19.1 Å². The zero-order chi connectivity index (χ0) is 27.6. The van der Waals surface area contributed by atoms with Gasteiger partial charge < -0.3 is 9.64 Å². The number of carbonyl (C=O) groups is 3. The number of carbonyl (C=O) groups excluding carboxylic acids is 3. The molecule has 0 radical (unpaired) electrons. The monoisotopic (exact) mass is 589 g/mol. The van der Waals surface area contributed by atoms with E-state index in [4.69, 9.17) is 4.74 Å². The molecule has 196 valence electrons. The van der Waals surface area contributed by atoms with Gasteiger partial charge in [-0.05, 0) is 41.5 Å². The zero-order valence-electron chi connectivity index (χ0n) is 21.6. The van der Waals surface area contributed by atoms with Crippen molar-refractivity contribution in [3.63, 3.8) is 0 Å². The lowest BCUT2D eigenvalue weighted by Gasteiger charge is -2.37. The van der Waals surface area contributed by atoms with Gasteiger partial charge in [0.15, 0.2) is 17.3 Å². The number of nitrogens with zero attached hydrogens (tertiary/aromatic N) is 1. The smallest absolute Gasteiger partial charge is 0.185 e. The van der Waals surface area contributed by atoms with Gasteiger partial charge in [0, 0.05) is 32.8 Å². The minimum absolute atomic E-state index is 0.143. The van der Waals surface area contributed by atoms with Gasteiger partial charge in [0.1, 0.15) is 17.2 Å². The fraction of sp³-hybridized carbons (Fsp3) is 0.147. The Morgan fingerprint density at radius 3 is 2.25 bits per heavy atom. The average molecular weight is 590 g/mol. The van der Waals surface area contributed by atoms with Crippen molar-refractivity contribution >= 4 is 45.0 Å². The summed E-state index contributed by atoms with van der Waals surface area (Å²) < 4.78 is 6.46. The summed E-state index contributed by atoms with van der Waals surface area (Å²) in [7, 11) is 1.58. The van der Waals surface area contributed by atoms with E-state index in [0.29, 0.717) is 28.0 Å². The lowest BCUT2D eigenvalue weighted by molar-refractivity contribution is 0.0665. The first kappa shape index (κ1) is 24.7. The molecule has 1 spiro atoms. The number of benzene rings is 4. The first-order chi connectivity index (χ1) is 19.5. The summed E-state index contributed by atoms with van der Waals surface area (Å²) in [5.74, 6) is -0.810. The molecule has 4 aromatic carbocycles. The van der Waals surface area contributed by atoms with Crippen molar-refractivity contribution in [1.29, 1.82) is 0 Å². The number of Topliss-reactive ketones (excluding diaryl/α,β-unsaturated/α-hetero) is 3. The number of fused-ring (bicyclic) bond motifs is 5. The first-order valence-electron chi connectivity index (χ1n) is 13.1. The molecular weight excluding hydrogens is 566 g/mol. The highest BCUT2D eigenvalue weighted by molar-refractivity contribution is 9.10. The highest BCUT2D eigenvalue weighted by Gasteiger charge is 2.71. The van der Waals surface area contributed by atoms with Crippen LogP contribution in [0.2, 0.25) is 0 Å². The number of anilines is 1. The minimum atomic E-state index is -1.54. The van der Waals surface area contributed by atoms with Gasteiger partial charge in [-0.15, -0.1) is 0 Å². The Labute approximate surface area is 240 Å². The van der Waals surface area contributed by atoms with Crippen molar-refractivity contribution in [2.24, 2.45) is 5.41 Å². The SMILES string of the molecule is COc1cccc([C@@H]2[C@H](C(=O)c3ccccc3)N3c4ccc(Br)cc4C=C[C@H]3C23C(=O)c2ccccc2C3=O)c1. The van der Waals surface area contributed by atoms with E-state index in [-0.39, 0.29) is 17.3 Å². The summed E-state index contributed by atoms with van der Waals surface area (Å²) in [6, 6.07) is 27.9. The van der Waals surface area contributed by atoms with Crippen LogP contribution in [-0.4, -0.2) is 36.5 Å². The molecule has 6 heteroatoms. The van der Waals surface area contributed by atoms with Crippen LogP contribution in [0.25, 0.3) is 6.08 Å². The maximum atomic E-state index is 14.7. The van der Waals surface area contributed by atoms with Crippen molar-refractivity contribution in [3.8, 4) is 5.75 Å². The Morgan fingerprint density at radius 1 is 0.850 bits per heavy atom. The Bertz CT molecular complexity index is 1710. The summed E-state index contributed by atoms with van der Waals surface area (Å²) in [4.78, 5) is 46.0. The first-order valence-corrected chi connectivity index (χ1v) is 13.9. The van der Waals surface area contributed by atoms with Crippen molar-refractivity contribution in [2.75, 3.05) is 12.0 Å². The molecule has 7 rings (SSSR count). The van der Waals surface area contributed by atoms with Crippen LogP contribution in [0.15, 0.2) is 108 Å². The third-order valence-electron chi connectivity index (χ3n) is 8.55. The fourth-order valence-electron chi connectivity index (χ4n) is 6.93. The molecule has 2 heterocycles. The fourth-order valence-corrected chi connectivity index (χ4v) is 7.31. The molecule has 3 aliphatic rings. The van der Waals surface area contributed by atoms with Gasteiger partial charge in [-0.25, -0.2) is 0 Å². The molecule has 0 unspecified atom stereocenters. The number of methoxy groups -OCH3 is 1. The van der Waals surface area contributed by atoms with E-state index in [2.05, 4.69) is 15.9 Å². The van der Waals surface area contributed by atoms with E-state index in [1.54, 1.807) is 43.5 Å². The van der Waals surface area contributed by atoms with Gasteiger partial charge in [0.05, 0.1) is 13.2 Å². The van der Waals surface area contributed by atoms with Crippen molar-refractivity contribution in [3.05, 3.63) is 135 Å². The summed E-state index contributed by atoms with van der Waals surface area (Å²) in [5.41, 5.74) is 2.24. The van der Waals surface area contributed by atoms with Gasteiger partial charge in [0.2, 0.25) is 0 Å². The zero-order valence-corrected chi connectivity index (χ0v) is 23.2. The van der Waals surface area contributed by atoms with E-state index < -0.39 is 23.4 Å². The molecule has 5 nitrogen and oxygen atoms in total. The van der Waals surface area contributed by atoms with Crippen LogP contribution < -0.4 is 9.64 Å². The van der Waals surface area contributed by atoms with Gasteiger partial charge in [-0.1, -0.05) is 94.8 Å². The van der Waals surface area contributed by atoms with Gasteiger partial charge in [-0.3, -0.25) is 14.4 Å². The van der Waals surface area contributed by atoms with Gasteiger partial charge in [0.25, 0.3) is 0 Å². The standard InChI is InChI=1S/C34H24BrNO4/c1-40-24-11-7-10-22(19-24)29-30(31(37)20-8-3-2-4-9-20)36-27-16-15-23(35)18-21(27)14-17-28(36)34(29)32(38)25-12-5-6-13-26(25)33(34)39/h2-19,28-30H,1H3/t28-,29+,30+/m0/s1. The third-order valence-corrected chi connectivity index (χ3v) is 9.04. The second-order valence-electron chi connectivity index (χ2n) is 10.4. The van der Waals surface area contributed by atoms with Crippen molar-refractivity contribution in [1.82, 2.24) is 0 Å². The van der Waals surface area contributed by atoms with Crippen LogP contribution in [0.5, 0.6) is 5.75 Å². The number of hydrogen-bond donors (Lipinski definition) is 0. The number of rotatable bonds is 4. The van der Waals surface area contributed by atoms with E-state index in [0.717, 1.165) is 15.7 Å². The molecule has 4 aromatic rings. The molecule has 2 aliphatic heterocycles. The molecule has 0 bridgehead atoms. The van der Waals surface area contributed by atoms with E-state index in [1.807, 2.05) is 77.7 Å². The topological polar surface area (TPSA) is 63.7 Å². The van der Waals surface area contributed by atoms with Gasteiger partial charge >= 0.3 is 0 Å². The number of halogens is 1. The molecule has 40 heavy (non-hydrogen) atoms. The summed E-state index contributed by atoms with van der Waals surface area (Å²) >= 11 is 3.57. The van der Waals surface area contributed by atoms with E-state index in [1.165, 1.54) is 0 Å². The van der Waals surface area contributed by atoms with Crippen LogP contribution in [-0.2, 0) is 0 Å². The van der Waals surface area contributed by atoms with Crippen LogP contribution in [0.3, 0.4) is 0 Å². The highest BCUT2D eigenvalue weighted by atomic mass is 79.9. The van der Waals surface area contributed by atoms with Crippen LogP contribution in [0.4, 0.5) is 5.69 Å². The quantitative estimate of drug-likeness (QED) is 0.194. The molecule has 1 aliphatic carbocycles. The normalized spacial score (nSPS) is 21.8. The number of hydrogen-bond acceptors (Lipinski definition) is 5. The Kier molecular flexibility index (Phi) is 5.65. The number of ketones is 3. The predicted octanol–water partition coefficient (Wildman–Crippen LogP) is 6.77. The van der Waals surface area contributed by atoms with E-state index in [9.17, 15) is 14.4 Å². The lowest BCUT2D eigenvalue weighted by Crippen LogP contribution is -2.48. The molecule has 0 amide bonds. The Balaban J connectivity index is 1.56. The second kappa shape index (κ2) is 9.14. The Hall–Kier alpha value is -4.29. The van der Waals surface area contributed by atoms with Crippen LogP contribution in [0, 0.1) is 5.41 Å². The number of ether oxygens (including phenoxy) is 1. The third kappa shape index (κ3) is 3.29. The highest BCUT2D eigenvalue weighted by Crippen LogP contribution is 2.61. The molecule has 0 saturated carbocycles. The average Bonchev–Trinajstić information content (AvgIpc) is 3.43. The van der Waals surface area contributed by atoms with Gasteiger partial charge in [-0.2, -0.15) is 0 Å². The molecule has 3 atom stereocenters. The maximum Gasteiger partial charge on any atom is 0.185 e. The molecule has 0 aromatic heterocycles. The maximum absolute atomic E-state index is 14.7. The van der Waals surface area contributed by atoms with Crippen molar-refractivity contribution in [2.45, 2.75) is 18.0 Å². The summed E-state index contributed by atoms with van der Waals surface area (Å²) in [6.07, 6.45) is 3.90. The summed E-state index contributed by atoms with van der Waals surface area (Å²) in [5, 5.41) is 0. The molecule has 1 saturated heterocycles. The molecule has 0 N–H and O–H groups in total. The Morgan fingerprint density at radius 2 is 1.55 bits per heavy atom.